The van der Waals surface area contributed by atoms with E-state index in [0.29, 0.717) is 39.2 Å². The van der Waals surface area contributed by atoms with Crippen molar-refractivity contribution in [3.8, 4) is 22.6 Å². The van der Waals surface area contributed by atoms with E-state index >= 15 is 0 Å². The Morgan fingerprint density at radius 3 is 2.16 bits per heavy atom. The van der Waals surface area contributed by atoms with Crippen molar-refractivity contribution in [1.82, 2.24) is 0 Å². The molecule has 5 heteroatoms. The predicted molar refractivity (Wildman–Crippen MR) is 126 cm³/mol. The van der Waals surface area contributed by atoms with Crippen LogP contribution in [0, 0.1) is 6.92 Å². The smallest absolute Gasteiger partial charge is 0.348 e. The van der Waals surface area contributed by atoms with Crippen LogP contribution in [0.5, 0.6) is 11.5 Å². The molecule has 0 aliphatic rings. The van der Waals surface area contributed by atoms with Crippen LogP contribution in [0.4, 0.5) is 0 Å². The molecule has 5 nitrogen and oxygen atoms in total. The lowest BCUT2D eigenvalue weighted by Gasteiger charge is -2.16. The third-order valence-electron chi connectivity index (χ3n) is 5.32. The fraction of sp³-hybridized carbons (Fsp3) is 0.111. The number of fused-ring (bicyclic) bond motifs is 1. The zero-order valence-electron chi connectivity index (χ0n) is 18.0. The first kappa shape index (κ1) is 21.1. The number of carbonyl (C=O) groups excluding carboxylic acids is 1. The van der Waals surface area contributed by atoms with Crippen molar-refractivity contribution in [2.45, 2.75) is 6.92 Å². The van der Waals surface area contributed by atoms with Gasteiger partial charge in [-0.15, -0.1) is 0 Å². The summed E-state index contributed by atoms with van der Waals surface area (Å²) in [6.45, 7) is 1.80. The Kier molecular flexibility index (Phi) is 5.90. The third kappa shape index (κ3) is 3.81. The fourth-order valence-corrected chi connectivity index (χ4v) is 3.76. The standard InChI is InChI=1S/C27H22O5/c1-17-21(30-2)16-22(31-3)25-23(19-12-8-5-9-13-19)24(27(29)32-26(17)25)20(28)15-14-18-10-6-4-7-11-18/h4-16H,1-3H3. The van der Waals surface area contributed by atoms with Gasteiger partial charge in [-0.3, -0.25) is 4.79 Å². The maximum absolute atomic E-state index is 13.3. The predicted octanol–water partition coefficient (Wildman–Crippen LogP) is 5.68. The monoisotopic (exact) mass is 426 g/mol. The normalized spacial score (nSPS) is 11.1. The van der Waals surface area contributed by atoms with Crippen LogP contribution in [-0.4, -0.2) is 20.0 Å². The molecule has 160 valence electrons. The first-order valence-electron chi connectivity index (χ1n) is 10.1. The van der Waals surface area contributed by atoms with Gasteiger partial charge in [-0.1, -0.05) is 66.7 Å². The van der Waals surface area contributed by atoms with Crippen molar-refractivity contribution < 1.29 is 18.7 Å². The van der Waals surface area contributed by atoms with E-state index in [4.69, 9.17) is 13.9 Å². The van der Waals surface area contributed by atoms with E-state index < -0.39 is 11.4 Å². The van der Waals surface area contributed by atoms with Crippen molar-refractivity contribution >= 4 is 22.8 Å². The fourth-order valence-electron chi connectivity index (χ4n) is 3.76. The van der Waals surface area contributed by atoms with Gasteiger partial charge in [0.25, 0.3) is 0 Å². The van der Waals surface area contributed by atoms with Crippen molar-refractivity contribution in [2.75, 3.05) is 14.2 Å². The highest BCUT2D eigenvalue weighted by Crippen LogP contribution is 2.41. The highest BCUT2D eigenvalue weighted by molar-refractivity contribution is 6.16. The molecule has 4 aromatic rings. The molecule has 0 bridgehead atoms. The van der Waals surface area contributed by atoms with Gasteiger partial charge in [-0.25, -0.2) is 4.79 Å². The van der Waals surface area contributed by atoms with Gasteiger partial charge >= 0.3 is 5.63 Å². The number of hydrogen-bond donors (Lipinski definition) is 0. The number of benzene rings is 3. The maximum Gasteiger partial charge on any atom is 0.348 e. The van der Waals surface area contributed by atoms with Crippen LogP contribution < -0.4 is 15.1 Å². The molecule has 0 aliphatic carbocycles. The van der Waals surface area contributed by atoms with Crippen LogP contribution >= 0.6 is 0 Å². The summed E-state index contributed by atoms with van der Waals surface area (Å²) in [6, 6.07) is 20.4. The molecule has 0 atom stereocenters. The van der Waals surface area contributed by atoms with Gasteiger partial charge in [-0.2, -0.15) is 0 Å². The molecule has 0 spiro atoms. The average molecular weight is 426 g/mol. The number of ketones is 1. The molecule has 0 aliphatic heterocycles. The van der Waals surface area contributed by atoms with Gasteiger partial charge in [-0.05, 0) is 24.1 Å². The molecular formula is C27H22O5. The van der Waals surface area contributed by atoms with Gasteiger partial charge in [0, 0.05) is 17.2 Å². The summed E-state index contributed by atoms with van der Waals surface area (Å²) in [5.74, 6) is 0.532. The largest absolute Gasteiger partial charge is 0.496 e. The number of aryl methyl sites for hydroxylation is 1. The quantitative estimate of drug-likeness (QED) is 0.225. The second-order valence-corrected chi connectivity index (χ2v) is 7.22. The second kappa shape index (κ2) is 8.94. The Balaban J connectivity index is 2.05. The average Bonchev–Trinajstić information content (AvgIpc) is 2.83. The molecule has 0 unspecified atom stereocenters. The Morgan fingerprint density at radius 2 is 1.53 bits per heavy atom. The van der Waals surface area contributed by atoms with E-state index in [1.807, 2.05) is 60.7 Å². The van der Waals surface area contributed by atoms with Crippen LogP contribution in [0.1, 0.15) is 21.5 Å². The van der Waals surface area contributed by atoms with Gasteiger partial charge in [0.1, 0.15) is 22.6 Å². The molecule has 1 aromatic heterocycles. The molecule has 0 N–H and O–H groups in total. The highest BCUT2D eigenvalue weighted by atomic mass is 16.5. The summed E-state index contributed by atoms with van der Waals surface area (Å²) in [6.07, 6.45) is 3.07. The molecule has 4 rings (SSSR count). The Labute approximate surface area is 185 Å². The van der Waals surface area contributed by atoms with Crippen molar-refractivity contribution in [3.63, 3.8) is 0 Å². The number of carbonyl (C=O) groups is 1. The van der Waals surface area contributed by atoms with Crippen LogP contribution in [0.2, 0.25) is 0 Å². The third-order valence-corrected chi connectivity index (χ3v) is 5.32. The minimum atomic E-state index is -0.711. The number of methoxy groups -OCH3 is 2. The molecule has 0 saturated carbocycles. The van der Waals surface area contributed by atoms with Crippen molar-refractivity contribution in [3.05, 3.63) is 99.9 Å². The van der Waals surface area contributed by atoms with E-state index in [9.17, 15) is 9.59 Å². The molecule has 32 heavy (non-hydrogen) atoms. The molecule has 0 amide bonds. The first-order chi connectivity index (χ1) is 15.5. The van der Waals surface area contributed by atoms with Gasteiger partial charge < -0.3 is 13.9 Å². The molecule has 0 radical (unpaired) electrons. The van der Waals surface area contributed by atoms with Crippen molar-refractivity contribution in [1.29, 1.82) is 0 Å². The van der Waals surface area contributed by atoms with Gasteiger partial charge in [0.15, 0.2) is 5.78 Å². The Bertz CT molecular complexity index is 1370. The lowest BCUT2D eigenvalue weighted by Crippen LogP contribution is -2.15. The zero-order valence-corrected chi connectivity index (χ0v) is 18.0. The van der Waals surface area contributed by atoms with E-state index in [-0.39, 0.29) is 5.56 Å². The SMILES string of the molecule is COc1cc(OC)c2c(-c3ccccc3)c(C(=O)C=Cc3ccccc3)c(=O)oc2c1C. The number of rotatable bonds is 6. The summed E-state index contributed by atoms with van der Waals surface area (Å²) in [7, 11) is 3.07. The summed E-state index contributed by atoms with van der Waals surface area (Å²) in [4.78, 5) is 26.4. The zero-order chi connectivity index (χ0) is 22.7. The minimum Gasteiger partial charge on any atom is -0.496 e. The van der Waals surface area contributed by atoms with E-state index in [0.717, 1.165) is 5.56 Å². The van der Waals surface area contributed by atoms with E-state index in [2.05, 4.69) is 0 Å². The van der Waals surface area contributed by atoms with Crippen LogP contribution in [0.15, 0.2) is 82.0 Å². The molecule has 0 saturated heterocycles. The summed E-state index contributed by atoms with van der Waals surface area (Å²) in [5.41, 5.74) is 2.26. The van der Waals surface area contributed by atoms with Gasteiger partial charge in [0.05, 0.1) is 19.6 Å². The summed E-state index contributed by atoms with van der Waals surface area (Å²) in [5, 5.41) is 0.549. The van der Waals surface area contributed by atoms with Gasteiger partial charge in [0.2, 0.25) is 0 Å². The van der Waals surface area contributed by atoms with E-state index in [1.54, 1.807) is 19.1 Å². The highest BCUT2D eigenvalue weighted by Gasteiger charge is 2.25. The van der Waals surface area contributed by atoms with Crippen LogP contribution in [-0.2, 0) is 0 Å². The minimum absolute atomic E-state index is 0.0428. The van der Waals surface area contributed by atoms with Crippen molar-refractivity contribution in [2.24, 2.45) is 0 Å². The Morgan fingerprint density at radius 1 is 0.906 bits per heavy atom. The van der Waals surface area contributed by atoms with E-state index in [1.165, 1.54) is 20.3 Å². The van der Waals surface area contributed by atoms with Crippen LogP contribution in [0.3, 0.4) is 0 Å². The first-order valence-corrected chi connectivity index (χ1v) is 10.1. The number of hydrogen-bond acceptors (Lipinski definition) is 5. The summed E-state index contributed by atoms with van der Waals surface area (Å²) >= 11 is 0. The summed E-state index contributed by atoms with van der Waals surface area (Å²) < 4.78 is 16.7. The Hall–Kier alpha value is -4.12. The van der Waals surface area contributed by atoms with Crippen LogP contribution in [0.25, 0.3) is 28.2 Å². The molecule has 0 fully saturated rings. The lowest BCUT2D eigenvalue weighted by molar-refractivity contribution is 0.104. The number of ether oxygens (including phenoxy) is 2. The molecule has 1 heterocycles. The number of allylic oxidation sites excluding steroid dienone is 1. The second-order valence-electron chi connectivity index (χ2n) is 7.22. The molecular weight excluding hydrogens is 404 g/mol. The maximum atomic E-state index is 13.3. The lowest BCUT2D eigenvalue weighted by atomic mass is 9.93. The molecule has 3 aromatic carbocycles. The topological polar surface area (TPSA) is 65.7 Å².